The normalized spacial score (nSPS) is 11.1. The molecule has 16 heavy (non-hydrogen) atoms. The summed E-state index contributed by atoms with van der Waals surface area (Å²) in [5, 5.41) is 0.774. The van der Waals surface area contributed by atoms with Crippen molar-refractivity contribution in [2.24, 2.45) is 0 Å². The minimum absolute atomic E-state index is 0.0671. The molecular weight excluding hydrogens is 216 g/mol. The second-order valence-corrected chi connectivity index (χ2v) is 4.49. The lowest BCUT2D eigenvalue weighted by atomic mass is 10.1. The molecule has 0 spiro atoms. The molecule has 0 aliphatic rings. The minimum atomic E-state index is 0.0671. The highest BCUT2D eigenvalue weighted by molar-refractivity contribution is 7.19. The Kier molecular flexibility index (Phi) is 3.02. The molecule has 0 fully saturated rings. The molecule has 0 bridgehead atoms. The topological polar surface area (TPSA) is 17.1 Å². The summed E-state index contributed by atoms with van der Waals surface area (Å²) < 4.78 is 1.02. The first-order valence-corrected chi connectivity index (χ1v) is 5.90. The zero-order chi connectivity index (χ0) is 11.5. The first-order chi connectivity index (χ1) is 7.77. The van der Waals surface area contributed by atoms with Crippen LogP contribution in [-0.4, -0.2) is 0 Å². The molecular formula is C14H12OS. The third kappa shape index (κ3) is 1.72. The van der Waals surface area contributed by atoms with E-state index in [9.17, 15) is 4.79 Å². The van der Waals surface area contributed by atoms with Crippen molar-refractivity contribution in [3.63, 3.8) is 0 Å². The van der Waals surface area contributed by atoms with Crippen molar-refractivity contribution in [1.82, 2.24) is 0 Å². The van der Waals surface area contributed by atoms with Crippen molar-refractivity contribution >= 4 is 33.6 Å². The Balaban J connectivity index is 2.92. The number of hydrogen-bond acceptors (Lipinski definition) is 2. The summed E-state index contributed by atoms with van der Waals surface area (Å²) in [6, 6.07) is 7.67. The van der Waals surface area contributed by atoms with Gasteiger partial charge < -0.3 is 0 Å². The molecule has 0 atom stereocenters. The lowest BCUT2D eigenvalue weighted by molar-refractivity contribution is 1.64. The average Bonchev–Trinajstić information content (AvgIpc) is 2.30. The van der Waals surface area contributed by atoms with Crippen LogP contribution in [0.4, 0.5) is 0 Å². The largest absolute Gasteiger partial charge is 0.289 e. The maximum Gasteiger partial charge on any atom is 0.195 e. The first-order valence-electron chi connectivity index (χ1n) is 5.09. The molecule has 1 aromatic heterocycles. The summed E-state index contributed by atoms with van der Waals surface area (Å²) in [5.41, 5.74) is 0.763. The highest BCUT2D eigenvalue weighted by atomic mass is 32.1. The summed E-state index contributed by atoms with van der Waals surface area (Å²) in [4.78, 5) is 13.1. The molecule has 2 aromatic rings. The molecule has 0 aliphatic carbocycles. The summed E-state index contributed by atoms with van der Waals surface area (Å²) in [6.45, 7) is 5.66. The fourth-order valence-corrected chi connectivity index (χ4v) is 2.79. The molecule has 0 aliphatic heterocycles. The molecule has 0 radical (unpaired) electrons. The van der Waals surface area contributed by atoms with Crippen LogP contribution in [-0.2, 0) is 0 Å². The van der Waals surface area contributed by atoms with Gasteiger partial charge in [0, 0.05) is 20.5 Å². The van der Waals surface area contributed by atoms with E-state index in [0.717, 1.165) is 15.0 Å². The Morgan fingerprint density at radius 3 is 2.75 bits per heavy atom. The number of hydrogen-bond donors (Lipinski definition) is 0. The van der Waals surface area contributed by atoms with E-state index in [0.29, 0.717) is 5.56 Å². The van der Waals surface area contributed by atoms with Gasteiger partial charge in [-0.15, -0.1) is 11.3 Å². The molecule has 0 N–H and O–H groups in total. The number of rotatable bonds is 2. The van der Waals surface area contributed by atoms with Crippen LogP contribution in [0.25, 0.3) is 22.2 Å². The van der Waals surface area contributed by atoms with Gasteiger partial charge in [0.1, 0.15) is 0 Å². The monoisotopic (exact) mass is 228 g/mol. The third-order valence-electron chi connectivity index (χ3n) is 2.38. The van der Waals surface area contributed by atoms with Gasteiger partial charge in [0.2, 0.25) is 0 Å². The molecule has 2 heteroatoms. The number of benzene rings is 1. The van der Waals surface area contributed by atoms with Crippen LogP contribution < -0.4 is 5.43 Å². The van der Waals surface area contributed by atoms with Gasteiger partial charge in [-0.1, -0.05) is 30.9 Å². The van der Waals surface area contributed by atoms with Crippen molar-refractivity contribution in [2.45, 2.75) is 6.92 Å². The highest BCUT2D eigenvalue weighted by Gasteiger charge is 2.06. The summed E-state index contributed by atoms with van der Waals surface area (Å²) >= 11 is 1.62. The van der Waals surface area contributed by atoms with Gasteiger partial charge in [-0.25, -0.2) is 0 Å². The standard InChI is InChI=1S/C14H12OS/c1-3-7-12-10(4-2)14(15)11-8-5-6-9-13(11)16-12/h3-9H,2H2,1H3/b7-3-. The van der Waals surface area contributed by atoms with Crippen LogP contribution in [0, 0.1) is 0 Å². The lowest BCUT2D eigenvalue weighted by Gasteiger charge is -2.02. The second kappa shape index (κ2) is 4.45. The van der Waals surface area contributed by atoms with Crippen LogP contribution in [0.2, 0.25) is 0 Å². The lowest BCUT2D eigenvalue weighted by Crippen LogP contribution is -2.05. The van der Waals surface area contributed by atoms with E-state index in [2.05, 4.69) is 6.58 Å². The summed E-state index contributed by atoms with van der Waals surface area (Å²) in [5.74, 6) is 0. The molecule has 0 unspecified atom stereocenters. The zero-order valence-electron chi connectivity index (χ0n) is 9.07. The smallest absolute Gasteiger partial charge is 0.195 e. The van der Waals surface area contributed by atoms with E-state index in [1.165, 1.54) is 0 Å². The van der Waals surface area contributed by atoms with E-state index < -0.39 is 0 Å². The molecule has 0 saturated carbocycles. The molecule has 1 nitrogen and oxygen atoms in total. The molecule has 1 heterocycles. The number of allylic oxidation sites excluding steroid dienone is 1. The van der Waals surface area contributed by atoms with Crippen LogP contribution in [0.3, 0.4) is 0 Å². The van der Waals surface area contributed by atoms with Crippen molar-refractivity contribution in [3.8, 4) is 0 Å². The third-order valence-corrected chi connectivity index (χ3v) is 3.54. The average molecular weight is 228 g/mol. The van der Waals surface area contributed by atoms with Gasteiger partial charge >= 0.3 is 0 Å². The SMILES string of the molecule is C=Cc1c(/C=C\C)sc2ccccc2c1=O. The Morgan fingerprint density at radius 2 is 2.06 bits per heavy atom. The van der Waals surface area contributed by atoms with Crippen molar-refractivity contribution in [1.29, 1.82) is 0 Å². The summed E-state index contributed by atoms with van der Waals surface area (Å²) in [6.07, 6.45) is 5.53. The maximum absolute atomic E-state index is 12.2. The quantitative estimate of drug-likeness (QED) is 0.761. The van der Waals surface area contributed by atoms with Crippen molar-refractivity contribution in [2.75, 3.05) is 0 Å². The van der Waals surface area contributed by atoms with Gasteiger partial charge in [-0.2, -0.15) is 0 Å². The van der Waals surface area contributed by atoms with Crippen LogP contribution in [0.5, 0.6) is 0 Å². The first kappa shape index (κ1) is 10.8. The minimum Gasteiger partial charge on any atom is -0.289 e. The van der Waals surface area contributed by atoms with E-state index >= 15 is 0 Å². The van der Waals surface area contributed by atoms with E-state index in [1.807, 2.05) is 43.3 Å². The van der Waals surface area contributed by atoms with E-state index in [4.69, 9.17) is 0 Å². The predicted molar refractivity (Wildman–Crippen MR) is 72.9 cm³/mol. The van der Waals surface area contributed by atoms with E-state index in [1.54, 1.807) is 17.4 Å². The Hall–Kier alpha value is -1.67. The van der Waals surface area contributed by atoms with Crippen LogP contribution in [0.1, 0.15) is 17.4 Å². The zero-order valence-corrected chi connectivity index (χ0v) is 9.88. The van der Waals surface area contributed by atoms with E-state index in [-0.39, 0.29) is 5.43 Å². The molecule has 2 rings (SSSR count). The van der Waals surface area contributed by atoms with Gasteiger partial charge in [-0.3, -0.25) is 4.79 Å². The Bertz CT molecular complexity index is 620. The van der Waals surface area contributed by atoms with Crippen molar-refractivity contribution in [3.05, 3.63) is 57.6 Å². The maximum atomic E-state index is 12.2. The molecule has 1 aromatic carbocycles. The fraction of sp³-hybridized carbons (Fsp3) is 0.0714. The predicted octanol–water partition coefficient (Wildman–Crippen LogP) is 3.94. The Morgan fingerprint density at radius 1 is 1.31 bits per heavy atom. The molecule has 0 saturated heterocycles. The van der Waals surface area contributed by atoms with Gasteiger partial charge in [0.25, 0.3) is 0 Å². The molecule has 0 amide bonds. The van der Waals surface area contributed by atoms with Crippen LogP contribution >= 0.6 is 11.3 Å². The van der Waals surface area contributed by atoms with Crippen LogP contribution in [0.15, 0.2) is 41.7 Å². The highest BCUT2D eigenvalue weighted by Crippen LogP contribution is 2.23. The van der Waals surface area contributed by atoms with Crippen molar-refractivity contribution < 1.29 is 0 Å². The summed E-state index contributed by atoms with van der Waals surface area (Å²) in [7, 11) is 0. The van der Waals surface area contributed by atoms with Gasteiger partial charge in [0.15, 0.2) is 5.43 Å². The van der Waals surface area contributed by atoms with Gasteiger partial charge in [-0.05, 0) is 25.1 Å². The fourth-order valence-electron chi connectivity index (χ4n) is 1.64. The number of fused-ring (bicyclic) bond motifs is 1. The van der Waals surface area contributed by atoms with Gasteiger partial charge in [0.05, 0.1) is 0 Å². The second-order valence-electron chi connectivity index (χ2n) is 3.41. The Labute approximate surface area is 98.4 Å². The molecule has 80 valence electrons.